The van der Waals surface area contributed by atoms with E-state index in [1.54, 1.807) is 25.9 Å². The molecule has 1 aromatic carbocycles. The van der Waals surface area contributed by atoms with E-state index in [1.165, 1.54) is 12.1 Å². The van der Waals surface area contributed by atoms with Crippen LogP contribution in [0, 0.1) is 0 Å². The van der Waals surface area contributed by atoms with Gasteiger partial charge in [-0.2, -0.15) is 13.2 Å². The molecule has 0 saturated carbocycles. The molecule has 1 atom stereocenters. The Morgan fingerprint density at radius 2 is 2.00 bits per heavy atom. The van der Waals surface area contributed by atoms with E-state index in [4.69, 9.17) is 5.11 Å². The minimum Gasteiger partial charge on any atom is -0.396 e. The van der Waals surface area contributed by atoms with Crippen molar-refractivity contribution in [3.63, 3.8) is 0 Å². The lowest BCUT2D eigenvalue weighted by atomic mass is 10.1. The molecule has 22 heavy (non-hydrogen) atoms. The van der Waals surface area contributed by atoms with Crippen molar-refractivity contribution in [2.45, 2.75) is 25.6 Å². The normalized spacial score (nSPS) is 12.7. The average molecular weight is 319 g/mol. The van der Waals surface area contributed by atoms with Crippen LogP contribution >= 0.6 is 0 Å². The molecule has 0 saturated heterocycles. The fourth-order valence-electron chi connectivity index (χ4n) is 1.80. The summed E-state index contributed by atoms with van der Waals surface area (Å²) in [4.78, 5) is 13.3. The quantitative estimate of drug-likeness (QED) is 0.782. The molecule has 0 radical (unpaired) electrons. The molecule has 0 unspecified atom stereocenters. The third kappa shape index (κ3) is 5.10. The number of amides is 2. The van der Waals surface area contributed by atoms with Gasteiger partial charge in [0.2, 0.25) is 0 Å². The highest BCUT2D eigenvalue weighted by molar-refractivity contribution is 5.90. The first kappa shape index (κ1) is 18.1. The summed E-state index contributed by atoms with van der Waals surface area (Å²) in [5, 5.41) is 13.4. The molecule has 2 amide bonds. The number of hydrogen-bond donors (Lipinski definition) is 3. The van der Waals surface area contributed by atoms with E-state index in [2.05, 4.69) is 10.6 Å². The summed E-state index contributed by atoms with van der Waals surface area (Å²) >= 11 is 0. The molecule has 1 rings (SSSR count). The minimum atomic E-state index is -4.58. The van der Waals surface area contributed by atoms with Crippen LogP contribution < -0.4 is 15.5 Å². The number of rotatable bonds is 5. The van der Waals surface area contributed by atoms with Crippen molar-refractivity contribution in [3.05, 3.63) is 23.8 Å². The number of aliphatic hydroxyl groups is 1. The molecule has 0 bridgehead atoms. The van der Waals surface area contributed by atoms with Gasteiger partial charge in [-0.3, -0.25) is 0 Å². The zero-order valence-electron chi connectivity index (χ0n) is 12.7. The third-order valence-electron chi connectivity index (χ3n) is 3.01. The van der Waals surface area contributed by atoms with Crippen LogP contribution in [0.5, 0.6) is 0 Å². The molecule has 1 aromatic rings. The number of carbonyl (C=O) groups excluding carboxylic acids is 1. The average Bonchev–Trinajstić information content (AvgIpc) is 2.37. The standard InChI is InChI=1S/C14H20F3N3O2/c1-9(6-7-21)18-13(22)19-12-5-4-10(20(2)3)8-11(12)14(15,16)17/h4-5,8-9,21H,6-7H2,1-3H3,(H2,18,19,22)/t9-/m1/s1. The van der Waals surface area contributed by atoms with Gasteiger partial charge in [0.1, 0.15) is 0 Å². The summed E-state index contributed by atoms with van der Waals surface area (Å²) < 4.78 is 39.3. The zero-order chi connectivity index (χ0) is 16.9. The van der Waals surface area contributed by atoms with Crippen molar-refractivity contribution in [2.24, 2.45) is 0 Å². The summed E-state index contributed by atoms with van der Waals surface area (Å²) in [5.41, 5.74) is -0.845. The van der Waals surface area contributed by atoms with E-state index >= 15 is 0 Å². The number of halogens is 3. The molecule has 0 aliphatic heterocycles. The summed E-state index contributed by atoms with van der Waals surface area (Å²) in [5.74, 6) is 0. The number of benzene rings is 1. The van der Waals surface area contributed by atoms with Crippen LogP contribution in [-0.4, -0.2) is 37.9 Å². The highest BCUT2D eigenvalue weighted by Crippen LogP contribution is 2.37. The van der Waals surface area contributed by atoms with Crippen LogP contribution in [0.1, 0.15) is 18.9 Å². The highest BCUT2D eigenvalue weighted by atomic mass is 19.4. The van der Waals surface area contributed by atoms with Gasteiger partial charge >= 0.3 is 12.2 Å². The lowest BCUT2D eigenvalue weighted by Crippen LogP contribution is -2.37. The fourth-order valence-corrected chi connectivity index (χ4v) is 1.80. The van der Waals surface area contributed by atoms with Gasteiger partial charge in [0.15, 0.2) is 0 Å². The number of nitrogens with one attached hydrogen (secondary N) is 2. The lowest BCUT2D eigenvalue weighted by molar-refractivity contribution is -0.136. The van der Waals surface area contributed by atoms with E-state index in [9.17, 15) is 18.0 Å². The van der Waals surface area contributed by atoms with Gasteiger partial charge in [-0.1, -0.05) is 0 Å². The van der Waals surface area contributed by atoms with Crippen LogP contribution in [0.25, 0.3) is 0 Å². The number of alkyl halides is 3. The van der Waals surface area contributed by atoms with Crippen LogP contribution in [0.15, 0.2) is 18.2 Å². The van der Waals surface area contributed by atoms with Crippen LogP contribution in [0.3, 0.4) is 0 Å². The minimum absolute atomic E-state index is 0.118. The molecular formula is C14H20F3N3O2. The fraction of sp³-hybridized carbons (Fsp3) is 0.500. The molecule has 0 aliphatic rings. The van der Waals surface area contributed by atoms with Crippen molar-refractivity contribution in [2.75, 3.05) is 30.9 Å². The van der Waals surface area contributed by atoms with Crippen LogP contribution in [0.2, 0.25) is 0 Å². The summed E-state index contributed by atoms with van der Waals surface area (Å²) in [6.45, 7) is 1.53. The second-order valence-electron chi connectivity index (χ2n) is 5.13. The summed E-state index contributed by atoms with van der Waals surface area (Å²) in [6.07, 6.45) is -4.26. The molecule has 124 valence electrons. The zero-order valence-corrected chi connectivity index (χ0v) is 12.7. The van der Waals surface area contributed by atoms with Crippen molar-refractivity contribution in [1.82, 2.24) is 5.32 Å². The second-order valence-corrected chi connectivity index (χ2v) is 5.13. The predicted molar refractivity (Wildman–Crippen MR) is 79.1 cm³/mol. The lowest BCUT2D eigenvalue weighted by Gasteiger charge is -2.19. The Bertz CT molecular complexity index is 519. The predicted octanol–water partition coefficient (Wildman–Crippen LogP) is 2.66. The van der Waals surface area contributed by atoms with Gasteiger partial charge in [0.25, 0.3) is 0 Å². The summed E-state index contributed by atoms with van der Waals surface area (Å²) in [7, 11) is 3.26. The van der Waals surface area contributed by atoms with Crippen LogP contribution in [0.4, 0.5) is 29.3 Å². The second kappa shape index (κ2) is 7.35. The Kier molecular flexibility index (Phi) is 6.04. The third-order valence-corrected chi connectivity index (χ3v) is 3.01. The van der Waals surface area contributed by atoms with E-state index in [1.807, 2.05) is 0 Å². The Morgan fingerprint density at radius 1 is 1.36 bits per heavy atom. The molecule has 0 heterocycles. The summed E-state index contributed by atoms with van der Waals surface area (Å²) in [6, 6.07) is 2.59. The number of nitrogens with zero attached hydrogens (tertiary/aromatic N) is 1. The van der Waals surface area contributed by atoms with Gasteiger partial charge in [0, 0.05) is 32.4 Å². The first-order valence-corrected chi connectivity index (χ1v) is 6.72. The van der Waals surface area contributed by atoms with Gasteiger partial charge in [0.05, 0.1) is 11.3 Å². The van der Waals surface area contributed by atoms with Crippen molar-refractivity contribution < 1.29 is 23.1 Å². The maximum Gasteiger partial charge on any atom is 0.418 e. The highest BCUT2D eigenvalue weighted by Gasteiger charge is 2.34. The number of carbonyl (C=O) groups is 1. The molecule has 0 aliphatic carbocycles. The Hall–Kier alpha value is -1.96. The van der Waals surface area contributed by atoms with Crippen molar-refractivity contribution >= 4 is 17.4 Å². The maximum atomic E-state index is 13.1. The molecule has 3 N–H and O–H groups in total. The van der Waals surface area contributed by atoms with Gasteiger partial charge in [-0.15, -0.1) is 0 Å². The van der Waals surface area contributed by atoms with Crippen molar-refractivity contribution in [1.29, 1.82) is 0 Å². The molecule has 0 aromatic heterocycles. The smallest absolute Gasteiger partial charge is 0.396 e. The van der Waals surface area contributed by atoms with E-state index in [0.29, 0.717) is 12.1 Å². The number of aliphatic hydroxyl groups excluding tert-OH is 1. The molecule has 0 fully saturated rings. The van der Waals surface area contributed by atoms with Crippen molar-refractivity contribution in [3.8, 4) is 0 Å². The number of anilines is 2. The number of urea groups is 1. The largest absolute Gasteiger partial charge is 0.418 e. The Balaban J connectivity index is 2.96. The van der Waals surface area contributed by atoms with E-state index < -0.39 is 17.8 Å². The van der Waals surface area contributed by atoms with E-state index in [-0.39, 0.29) is 18.3 Å². The van der Waals surface area contributed by atoms with Crippen LogP contribution in [-0.2, 0) is 6.18 Å². The Labute approximate surface area is 127 Å². The number of hydrogen-bond acceptors (Lipinski definition) is 3. The molecule has 8 heteroatoms. The molecule has 5 nitrogen and oxygen atoms in total. The first-order valence-electron chi connectivity index (χ1n) is 6.72. The Morgan fingerprint density at radius 3 is 2.50 bits per heavy atom. The topological polar surface area (TPSA) is 64.6 Å². The van der Waals surface area contributed by atoms with E-state index in [0.717, 1.165) is 6.07 Å². The first-order chi connectivity index (χ1) is 10.1. The maximum absolute atomic E-state index is 13.1. The van der Waals surface area contributed by atoms with Gasteiger partial charge in [-0.25, -0.2) is 4.79 Å². The SMILES string of the molecule is C[C@H](CCO)NC(=O)Nc1ccc(N(C)C)cc1C(F)(F)F. The van der Waals surface area contributed by atoms with Gasteiger partial charge in [-0.05, 0) is 31.5 Å². The van der Waals surface area contributed by atoms with Gasteiger partial charge < -0.3 is 20.6 Å². The monoisotopic (exact) mass is 319 g/mol. The molecule has 0 spiro atoms. The molecular weight excluding hydrogens is 299 g/mol.